The molecule has 1 saturated heterocycles. The monoisotopic (exact) mass is 678 g/mol. The highest BCUT2D eigenvalue weighted by Gasteiger charge is 2.19. The van der Waals surface area contributed by atoms with Gasteiger partial charge < -0.3 is 18.8 Å². The van der Waals surface area contributed by atoms with Gasteiger partial charge >= 0.3 is 11.9 Å². The Kier molecular flexibility index (Phi) is 10.6. The van der Waals surface area contributed by atoms with Crippen molar-refractivity contribution < 1.29 is 23.8 Å². The zero-order valence-corrected chi connectivity index (χ0v) is 28.9. The minimum absolute atomic E-state index is 0.401. The number of ether oxygens (including phenoxy) is 3. The van der Waals surface area contributed by atoms with Crippen LogP contribution in [0.25, 0.3) is 22.2 Å². The Morgan fingerprint density at radius 2 is 1.20 bits per heavy atom. The summed E-state index contributed by atoms with van der Waals surface area (Å²) in [5.41, 5.74) is 6.17. The van der Waals surface area contributed by atoms with Crippen molar-refractivity contribution in [2.45, 2.75) is 39.2 Å². The summed E-state index contributed by atoms with van der Waals surface area (Å²) in [5.74, 6) is 1.01. The first kappa shape index (κ1) is 33.8. The molecular formula is C44H42N2O5. The number of nitrogens with zero attached hydrogens (tertiary/aromatic N) is 2. The van der Waals surface area contributed by atoms with Gasteiger partial charge in [0.15, 0.2) is 0 Å². The summed E-state index contributed by atoms with van der Waals surface area (Å²) in [6.07, 6.45) is 5.21. The van der Waals surface area contributed by atoms with E-state index in [2.05, 4.69) is 28.5 Å². The van der Waals surface area contributed by atoms with Gasteiger partial charge in [-0.1, -0.05) is 61.4 Å². The van der Waals surface area contributed by atoms with Crippen LogP contribution in [0.1, 0.15) is 57.5 Å². The molecule has 0 bridgehead atoms. The van der Waals surface area contributed by atoms with Gasteiger partial charge in [0.1, 0.15) is 23.9 Å². The van der Waals surface area contributed by atoms with Crippen LogP contribution < -0.4 is 14.2 Å². The van der Waals surface area contributed by atoms with Crippen molar-refractivity contribution in [1.29, 1.82) is 0 Å². The lowest BCUT2D eigenvalue weighted by Gasteiger charge is -2.19. The third-order valence-corrected chi connectivity index (χ3v) is 9.49. The summed E-state index contributed by atoms with van der Waals surface area (Å²) in [4.78, 5) is 28.1. The number of esters is 2. The van der Waals surface area contributed by atoms with E-state index in [9.17, 15) is 9.59 Å². The molecule has 1 aliphatic rings. The second-order valence-electron chi connectivity index (χ2n) is 13.0. The van der Waals surface area contributed by atoms with Crippen molar-refractivity contribution in [3.8, 4) is 28.5 Å². The maximum Gasteiger partial charge on any atom is 0.343 e. The van der Waals surface area contributed by atoms with Crippen LogP contribution in [-0.4, -0.2) is 47.6 Å². The van der Waals surface area contributed by atoms with Gasteiger partial charge in [-0.05, 0) is 128 Å². The molecule has 0 unspecified atom stereocenters. The summed E-state index contributed by atoms with van der Waals surface area (Å²) < 4.78 is 19.9. The fourth-order valence-corrected chi connectivity index (χ4v) is 6.79. The van der Waals surface area contributed by atoms with Crippen molar-refractivity contribution in [2.24, 2.45) is 0 Å². The number of hydrogen-bond donors (Lipinski definition) is 0. The zero-order chi connectivity index (χ0) is 35.0. The van der Waals surface area contributed by atoms with E-state index < -0.39 is 11.9 Å². The Labute approximate surface area is 299 Å². The van der Waals surface area contributed by atoms with Gasteiger partial charge in [-0.25, -0.2) is 9.59 Å². The summed E-state index contributed by atoms with van der Waals surface area (Å²) >= 11 is 0. The molecule has 258 valence electrons. The Morgan fingerprint density at radius 1 is 0.627 bits per heavy atom. The van der Waals surface area contributed by atoms with Crippen molar-refractivity contribution in [2.75, 3.05) is 26.2 Å². The Morgan fingerprint density at radius 3 is 1.82 bits per heavy atom. The van der Waals surface area contributed by atoms with Crippen LogP contribution in [-0.2, 0) is 6.54 Å². The van der Waals surface area contributed by atoms with E-state index in [1.807, 2.05) is 91.0 Å². The number of rotatable bonds is 11. The van der Waals surface area contributed by atoms with E-state index in [-0.39, 0.29) is 0 Å². The Bertz CT molecular complexity index is 2080. The highest BCUT2D eigenvalue weighted by molar-refractivity contribution is 5.95. The molecule has 0 spiro atoms. The fourth-order valence-electron chi connectivity index (χ4n) is 6.79. The van der Waals surface area contributed by atoms with Gasteiger partial charge in [-0.15, -0.1) is 0 Å². The van der Waals surface area contributed by atoms with E-state index in [0.717, 1.165) is 58.7 Å². The SMILES string of the molecule is Cc1c(-c2ccc(OC(=O)c3ccccc3)cc2)n(Cc2ccc(OCCN3CCCCCC3)cc2)c2ccc(OC(=O)c3ccccc3)cc12. The van der Waals surface area contributed by atoms with Gasteiger partial charge in [0.2, 0.25) is 0 Å². The van der Waals surface area contributed by atoms with Crippen LogP contribution in [0.3, 0.4) is 0 Å². The number of aromatic nitrogens is 1. The van der Waals surface area contributed by atoms with Gasteiger partial charge in [0.25, 0.3) is 0 Å². The maximum absolute atomic E-state index is 12.9. The van der Waals surface area contributed by atoms with Crippen LogP contribution in [0.2, 0.25) is 0 Å². The van der Waals surface area contributed by atoms with Gasteiger partial charge in [-0.3, -0.25) is 4.90 Å². The van der Waals surface area contributed by atoms with Gasteiger partial charge in [0, 0.05) is 24.0 Å². The van der Waals surface area contributed by atoms with Crippen LogP contribution in [0.5, 0.6) is 17.2 Å². The predicted octanol–water partition coefficient (Wildman–Crippen LogP) is 9.36. The molecular weight excluding hydrogens is 636 g/mol. The molecule has 0 radical (unpaired) electrons. The number of carbonyl (C=O) groups excluding carboxylic acids is 2. The van der Waals surface area contributed by atoms with E-state index in [4.69, 9.17) is 14.2 Å². The largest absolute Gasteiger partial charge is 0.492 e. The van der Waals surface area contributed by atoms with Gasteiger partial charge in [0.05, 0.1) is 16.8 Å². The second kappa shape index (κ2) is 15.9. The lowest BCUT2D eigenvalue weighted by Crippen LogP contribution is -2.29. The van der Waals surface area contributed by atoms with E-state index in [1.165, 1.54) is 25.7 Å². The standard InChI is InChI=1S/C44H42N2O5/c1-32-40-30-39(51-44(48)36-14-8-5-9-15-36)24-25-41(40)46(31-33-16-20-37(21-17-33)49-29-28-45-26-10-2-3-11-27-45)42(32)34-18-22-38(23-19-34)50-43(47)35-12-6-4-7-13-35/h4-9,12-25,30H,2-3,10-11,26-29,31H2,1H3. The van der Waals surface area contributed by atoms with Crippen LogP contribution in [0.4, 0.5) is 0 Å². The van der Waals surface area contributed by atoms with Crippen LogP contribution >= 0.6 is 0 Å². The minimum Gasteiger partial charge on any atom is -0.492 e. The molecule has 0 aliphatic carbocycles. The molecule has 0 amide bonds. The number of benzene rings is 5. The quantitative estimate of drug-likeness (QED) is 0.101. The Hall–Kier alpha value is -5.66. The third-order valence-electron chi connectivity index (χ3n) is 9.49. The topological polar surface area (TPSA) is 70.0 Å². The molecule has 1 fully saturated rings. The molecule has 0 atom stereocenters. The zero-order valence-electron chi connectivity index (χ0n) is 28.9. The highest BCUT2D eigenvalue weighted by atomic mass is 16.5. The average Bonchev–Trinajstić information content (AvgIpc) is 3.29. The van der Waals surface area contributed by atoms with Crippen molar-refractivity contribution in [3.05, 3.63) is 150 Å². The minimum atomic E-state index is -0.402. The smallest absolute Gasteiger partial charge is 0.343 e. The maximum atomic E-state index is 12.9. The highest BCUT2D eigenvalue weighted by Crippen LogP contribution is 2.37. The van der Waals surface area contributed by atoms with Crippen LogP contribution in [0.15, 0.2) is 127 Å². The van der Waals surface area contributed by atoms with Crippen molar-refractivity contribution >= 4 is 22.8 Å². The first-order valence-corrected chi connectivity index (χ1v) is 17.7. The molecule has 2 heterocycles. The molecule has 0 saturated carbocycles. The molecule has 7 nitrogen and oxygen atoms in total. The average molecular weight is 679 g/mol. The summed E-state index contributed by atoms with van der Waals surface area (Å²) in [6.45, 7) is 6.65. The molecule has 1 aromatic heterocycles. The number of carbonyl (C=O) groups is 2. The molecule has 5 aromatic carbocycles. The summed E-state index contributed by atoms with van der Waals surface area (Å²) in [5, 5.41) is 0.983. The van der Waals surface area contributed by atoms with Crippen molar-refractivity contribution in [3.63, 3.8) is 0 Å². The lowest BCUT2D eigenvalue weighted by molar-refractivity contribution is 0.0725. The summed E-state index contributed by atoms with van der Waals surface area (Å²) in [6, 6.07) is 39.7. The third kappa shape index (κ3) is 8.22. The predicted molar refractivity (Wildman–Crippen MR) is 201 cm³/mol. The van der Waals surface area contributed by atoms with Crippen molar-refractivity contribution in [1.82, 2.24) is 9.47 Å². The fraction of sp³-hybridized carbons (Fsp3) is 0.227. The molecule has 51 heavy (non-hydrogen) atoms. The summed E-state index contributed by atoms with van der Waals surface area (Å²) in [7, 11) is 0. The second-order valence-corrected chi connectivity index (χ2v) is 13.0. The van der Waals surface area contributed by atoms with E-state index in [1.54, 1.807) is 24.3 Å². The first-order chi connectivity index (χ1) is 25.0. The number of likely N-dealkylation sites (tertiary alicyclic amines) is 1. The first-order valence-electron chi connectivity index (χ1n) is 17.7. The molecule has 7 rings (SSSR count). The van der Waals surface area contributed by atoms with E-state index >= 15 is 0 Å². The normalized spacial score (nSPS) is 13.4. The van der Waals surface area contributed by atoms with Gasteiger partial charge in [-0.2, -0.15) is 0 Å². The van der Waals surface area contributed by atoms with Crippen LogP contribution in [0, 0.1) is 6.92 Å². The molecule has 1 aliphatic heterocycles. The molecule has 7 heteroatoms. The van der Waals surface area contributed by atoms with E-state index in [0.29, 0.717) is 35.8 Å². The molecule has 0 N–H and O–H groups in total. The number of hydrogen-bond acceptors (Lipinski definition) is 6. The number of aryl methyl sites for hydroxylation is 1. The number of fused-ring (bicyclic) bond motifs is 1. The Balaban J connectivity index is 1.14. The lowest BCUT2D eigenvalue weighted by atomic mass is 10.1. The molecule has 6 aromatic rings.